The van der Waals surface area contributed by atoms with E-state index < -0.39 is 45.6 Å². The van der Waals surface area contributed by atoms with Crippen LogP contribution in [-0.2, 0) is 14.6 Å². The number of ether oxygens (including phenoxy) is 2. The van der Waals surface area contributed by atoms with E-state index in [0.717, 1.165) is 26.2 Å². The van der Waals surface area contributed by atoms with Gasteiger partial charge in [-0.05, 0) is 42.2 Å². The van der Waals surface area contributed by atoms with Crippen LogP contribution in [0.4, 0.5) is 0 Å². The standard InChI is InChI=1S/C26H26N4O10S/c1-16(29-11-9-27-10-12-29)21-20(31)8-7-17-15-19(26(33)39-22(17)21)25(32)38-14-13-37-23-24(30(34)40-28-23)41(35,36)18-5-3-2-4-6-18/h2-8,15-16,27,31H,9-14H2,1H3. The van der Waals surface area contributed by atoms with Gasteiger partial charge < -0.3 is 29.5 Å². The summed E-state index contributed by atoms with van der Waals surface area (Å²) in [5.41, 5.74) is -0.720. The van der Waals surface area contributed by atoms with Crippen molar-refractivity contribution in [2.24, 2.45) is 0 Å². The van der Waals surface area contributed by atoms with E-state index in [4.69, 9.17) is 13.9 Å². The third kappa shape index (κ3) is 5.59. The second kappa shape index (κ2) is 11.6. The van der Waals surface area contributed by atoms with Crippen LogP contribution in [0.25, 0.3) is 11.0 Å². The molecule has 1 aliphatic heterocycles. The first kappa shape index (κ1) is 28.1. The number of carbonyl (C=O) groups excluding carboxylic acids is 1. The highest BCUT2D eigenvalue weighted by atomic mass is 32.2. The molecule has 3 heterocycles. The van der Waals surface area contributed by atoms with E-state index in [1.165, 1.54) is 42.5 Å². The maximum Gasteiger partial charge on any atom is 0.415 e. The number of esters is 1. The fraction of sp³-hybridized carbons (Fsp3) is 0.308. The summed E-state index contributed by atoms with van der Waals surface area (Å²) >= 11 is 0. The minimum atomic E-state index is -4.32. The molecule has 1 unspecified atom stereocenters. The van der Waals surface area contributed by atoms with E-state index in [1.807, 2.05) is 6.92 Å². The number of benzene rings is 2. The maximum atomic E-state index is 12.8. The number of phenolic OH excluding ortho intramolecular Hbond substituents is 1. The average molecular weight is 587 g/mol. The van der Waals surface area contributed by atoms with Crippen LogP contribution in [0, 0.1) is 5.21 Å². The molecule has 0 spiro atoms. The number of nitrogens with zero attached hydrogens (tertiary/aromatic N) is 3. The van der Waals surface area contributed by atoms with Crippen LogP contribution < -0.4 is 20.6 Å². The fourth-order valence-electron chi connectivity index (χ4n) is 4.58. The number of phenols is 1. The van der Waals surface area contributed by atoms with Gasteiger partial charge in [0.25, 0.3) is 9.84 Å². The summed E-state index contributed by atoms with van der Waals surface area (Å²) in [6, 6.07) is 11.2. The molecule has 0 amide bonds. The summed E-state index contributed by atoms with van der Waals surface area (Å²) in [6.45, 7) is 4.14. The zero-order valence-electron chi connectivity index (χ0n) is 21.8. The Morgan fingerprint density at radius 1 is 1.20 bits per heavy atom. The molecule has 0 radical (unpaired) electrons. The predicted octanol–water partition coefficient (Wildman–Crippen LogP) is 1.15. The smallest absolute Gasteiger partial charge is 0.415 e. The average Bonchev–Trinajstić information content (AvgIpc) is 3.36. The van der Waals surface area contributed by atoms with Gasteiger partial charge >= 0.3 is 22.5 Å². The van der Waals surface area contributed by atoms with Crippen LogP contribution in [-0.4, -0.2) is 68.9 Å². The van der Waals surface area contributed by atoms with Crippen LogP contribution in [0.15, 0.2) is 72.3 Å². The number of rotatable bonds is 9. The Morgan fingerprint density at radius 3 is 2.66 bits per heavy atom. The number of fused-ring (bicyclic) bond motifs is 1. The van der Waals surface area contributed by atoms with Crippen LogP contribution in [0.3, 0.4) is 0 Å². The van der Waals surface area contributed by atoms with Gasteiger partial charge in [-0.2, -0.15) is 0 Å². The molecule has 2 aromatic heterocycles. The van der Waals surface area contributed by atoms with E-state index >= 15 is 0 Å². The number of hydrogen-bond acceptors (Lipinski definition) is 13. The normalized spacial score (nSPS) is 15.0. The van der Waals surface area contributed by atoms with Crippen molar-refractivity contribution in [2.45, 2.75) is 22.9 Å². The number of nitrogens with one attached hydrogen (secondary N) is 1. The second-order valence-electron chi connectivity index (χ2n) is 9.17. The lowest BCUT2D eigenvalue weighted by molar-refractivity contribution is -0.832. The molecule has 216 valence electrons. The SMILES string of the molecule is CC(c1c(O)ccc2cc(C(=O)OCCOc3no[n+]([O-])c3S(=O)(=O)c3ccccc3)c(=O)oc12)N1CCNCC1. The highest BCUT2D eigenvalue weighted by Crippen LogP contribution is 2.35. The molecule has 1 saturated heterocycles. The van der Waals surface area contributed by atoms with Crippen molar-refractivity contribution >= 4 is 26.8 Å². The molecule has 41 heavy (non-hydrogen) atoms. The lowest BCUT2D eigenvalue weighted by Crippen LogP contribution is -2.44. The molecule has 4 aromatic rings. The van der Waals surface area contributed by atoms with Crippen molar-refractivity contribution < 1.29 is 41.7 Å². The number of aromatic hydroxyl groups is 1. The van der Waals surface area contributed by atoms with Gasteiger partial charge in [0.15, 0.2) is 0 Å². The zero-order valence-corrected chi connectivity index (χ0v) is 22.6. The van der Waals surface area contributed by atoms with E-state index in [-0.39, 0.29) is 32.7 Å². The van der Waals surface area contributed by atoms with Gasteiger partial charge in [0.2, 0.25) is 0 Å². The van der Waals surface area contributed by atoms with Gasteiger partial charge in [-0.1, -0.05) is 18.2 Å². The number of hydrogen-bond donors (Lipinski definition) is 2. The molecular weight excluding hydrogens is 560 g/mol. The summed E-state index contributed by atoms with van der Waals surface area (Å²) in [6.07, 6.45) is 0. The highest BCUT2D eigenvalue weighted by molar-refractivity contribution is 7.91. The molecule has 2 aromatic carbocycles. The van der Waals surface area contributed by atoms with Crippen molar-refractivity contribution in [3.05, 3.63) is 75.3 Å². The summed E-state index contributed by atoms with van der Waals surface area (Å²) in [5, 5.41) is 28.7. The Hall–Kier alpha value is -4.47. The predicted molar refractivity (Wildman–Crippen MR) is 140 cm³/mol. The third-order valence-corrected chi connectivity index (χ3v) is 8.39. The molecular formula is C26H26N4O10S. The van der Waals surface area contributed by atoms with E-state index in [9.17, 15) is 28.3 Å². The van der Waals surface area contributed by atoms with Gasteiger partial charge in [0.05, 0.1) is 15.6 Å². The molecule has 15 heteroatoms. The number of carbonyl (C=O) groups is 1. The molecule has 1 aliphatic rings. The molecule has 0 bridgehead atoms. The highest BCUT2D eigenvalue weighted by Gasteiger charge is 2.36. The van der Waals surface area contributed by atoms with Crippen molar-refractivity contribution in [3.63, 3.8) is 0 Å². The Bertz CT molecular complexity index is 1730. The Labute approximate surface area is 233 Å². The Morgan fingerprint density at radius 2 is 1.93 bits per heavy atom. The van der Waals surface area contributed by atoms with Crippen LogP contribution in [0.1, 0.15) is 28.9 Å². The van der Waals surface area contributed by atoms with Crippen molar-refractivity contribution in [1.82, 2.24) is 15.4 Å². The zero-order chi connectivity index (χ0) is 29.1. The van der Waals surface area contributed by atoms with Crippen LogP contribution in [0.2, 0.25) is 0 Å². The number of aromatic nitrogens is 2. The van der Waals surface area contributed by atoms with Crippen molar-refractivity contribution in [1.29, 1.82) is 0 Å². The summed E-state index contributed by atoms with van der Waals surface area (Å²) in [7, 11) is -4.32. The largest absolute Gasteiger partial charge is 0.507 e. The van der Waals surface area contributed by atoms with E-state index in [1.54, 1.807) is 6.07 Å². The molecule has 1 fully saturated rings. The Balaban J connectivity index is 1.28. The Kier molecular flexibility index (Phi) is 7.92. The summed E-state index contributed by atoms with van der Waals surface area (Å²) < 4.78 is 45.9. The minimum absolute atomic E-state index is 0.0277. The van der Waals surface area contributed by atoms with Gasteiger partial charge in [0, 0.05) is 37.6 Å². The maximum absolute atomic E-state index is 12.8. The first-order valence-corrected chi connectivity index (χ1v) is 14.1. The quantitative estimate of drug-likeness (QED) is 0.123. The first-order chi connectivity index (χ1) is 19.7. The minimum Gasteiger partial charge on any atom is -0.507 e. The van der Waals surface area contributed by atoms with Crippen molar-refractivity contribution in [2.75, 3.05) is 39.4 Å². The molecule has 0 saturated carbocycles. The third-order valence-electron chi connectivity index (χ3n) is 6.67. The number of piperazine rings is 1. The van der Waals surface area contributed by atoms with E-state index in [2.05, 4.69) is 20.0 Å². The van der Waals surface area contributed by atoms with E-state index in [0.29, 0.717) is 10.9 Å². The lowest BCUT2D eigenvalue weighted by atomic mass is 10.0. The topological polar surface area (TPSA) is 188 Å². The van der Waals surface area contributed by atoms with Crippen LogP contribution in [0.5, 0.6) is 11.6 Å². The molecule has 2 N–H and O–H groups in total. The van der Waals surface area contributed by atoms with Gasteiger partial charge in [-0.3, -0.25) is 9.53 Å². The number of sulfone groups is 1. The van der Waals surface area contributed by atoms with Crippen molar-refractivity contribution in [3.8, 4) is 11.6 Å². The van der Waals surface area contributed by atoms with Crippen LogP contribution >= 0.6 is 0 Å². The first-order valence-electron chi connectivity index (χ1n) is 12.6. The van der Waals surface area contributed by atoms with Gasteiger partial charge in [0.1, 0.15) is 30.1 Å². The van der Waals surface area contributed by atoms with Gasteiger partial charge in [-0.15, -0.1) is 0 Å². The molecule has 14 nitrogen and oxygen atoms in total. The summed E-state index contributed by atoms with van der Waals surface area (Å²) in [5.74, 6) is -1.65. The van der Waals surface area contributed by atoms with Gasteiger partial charge in [-0.25, -0.2) is 18.0 Å². The summed E-state index contributed by atoms with van der Waals surface area (Å²) in [4.78, 5) is 27.1. The molecule has 1 atom stereocenters. The lowest BCUT2D eigenvalue weighted by Gasteiger charge is -2.33. The molecule has 0 aliphatic carbocycles. The molecule has 5 rings (SSSR count). The second-order valence-corrected chi connectivity index (χ2v) is 11.0. The fourth-order valence-corrected chi connectivity index (χ4v) is 5.88. The monoisotopic (exact) mass is 586 g/mol.